The molecule has 0 radical (unpaired) electrons. The lowest BCUT2D eigenvalue weighted by Crippen LogP contribution is -2.02. The van der Waals surface area contributed by atoms with Crippen LogP contribution in [-0.4, -0.2) is 39.8 Å². The first-order chi connectivity index (χ1) is 10.2. The smallest absolute Gasteiger partial charge is 0.226 e. The van der Waals surface area contributed by atoms with Crippen LogP contribution in [0.25, 0.3) is 5.78 Å². The van der Waals surface area contributed by atoms with Gasteiger partial charge in [-0.1, -0.05) is 11.8 Å². The monoisotopic (exact) mass is 302 g/mol. The lowest BCUT2D eigenvalue weighted by Gasteiger charge is -1.99. The number of aryl methyl sites for hydroxylation is 2. The number of rotatable bonds is 4. The summed E-state index contributed by atoms with van der Waals surface area (Å²) in [6.45, 7) is 3.96. The van der Waals surface area contributed by atoms with Gasteiger partial charge in [0.25, 0.3) is 5.78 Å². The Labute approximate surface area is 125 Å². The SMILES string of the molecule is Cc1cc(C)n2nc(SCc3nnnn3C3CC3)nc2n1. The first kappa shape index (κ1) is 12.7. The van der Waals surface area contributed by atoms with E-state index in [-0.39, 0.29) is 0 Å². The quantitative estimate of drug-likeness (QED) is 0.672. The second kappa shape index (κ2) is 4.76. The number of tetrazole rings is 1. The van der Waals surface area contributed by atoms with Crippen LogP contribution in [0.5, 0.6) is 0 Å². The predicted octanol–water partition coefficient (Wildman–Crippen LogP) is 1.35. The molecular weight excluding hydrogens is 288 g/mol. The van der Waals surface area contributed by atoms with E-state index >= 15 is 0 Å². The maximum atomic E-state index is 4.47. The molecule has 1 fully saturated rings. The van der Waals surface area contributed by atoms with Gasteiger partial charge < -0.3 is 0 Å². The molecule has 8 nitrogen and oxygen atoms in total. The molecule has 0 spiro atoms. The molecule has 21 heavy (non-hydrogen) atoms. The first-order valence-electron chi connectivity index (χ1n) is 6.81. The second-order valence-electron chi connectivity index (χ2n) is 5.20. The fourth-order valence-electron chi connectivity index (χ4n) is 2.25. The normalized spacial score (nSPS) is 15.0. The fourth-order valence-corrected chi connectivity index (χ4v) is 2.98. The molecule has 1 aliphatic carbocycles. The zero-order chi connectivity index (χ0) is 14.4. The van der Waals surface area contributed by atoms with Gasteiger partial charge >= 0.3 is 0 Å². The number of nitrogens with zero attached hydrogens (tertiary/aromatic N) is 8. The fraction of sp³-hybridized carbons (Fsp3) is 0.500. The van der Waals surface area contributed by atoms with E-state index in [9.17, 15) is 0 Å². The number of fused-ring (bicyclic) bond motifs is 1. The lowest BCUT2D eigenvalue weighted by atomic mass is 10.4. The highest BCUT2D eigenvalue weighted by Gasteiger charge is 2.27. The van der Waals surface area contributed by atoms with Gasteiger partial charge in [0.15, 0.2) is 5.82 Å². The molecule has 0 aromatic carbocycles. The number of aromatic nitrogens is 8. The van der Waals surface area contributed by atoms with Crippen molar-refractivity contribution in [2.24, 2.45) is 0 Å². The second-order valence-corrected chi connectivity index (χ2v) is 6.15. The highest BCUT2D eigenvalue weighted by molar-refractivity contribution is 7.98. The molecule has 108 valence electrons. The average Bonchev–Trinajstić information content (AvgIpc) is 3.03. The molecule has 0 unspecified atom stereocenters. The van der Waals surface area contributed by atoms with Crippen molar-refractivity contribution in [2.75, 3.05) is 0 Å². The summed E-state index contributed by atoms with van der Waals surface area (Å²) in [4.78, 5) is 8.84. The van der Waals surface area contributed by atoms with Crippen LogP contribution < -0.4 is 0 Å². The van der Waals surface area contributed by atoms with Crippen LogP contribution in [-0.2, 0) is 5.75 Å². The number of hydrogen-bond donors (Lipinski definition) is 0. The average molecular weight is 302 g/mol. The van der Waals surface area contributed by atoms with Gasteiger partial charge in [-0.2, -0.15) is 4.98 Å². The molecule has 1 saturated carbocycles. The topological polar surface area (TPSA) is 86.7 Å². The molecule has 4 rings (SSSR count). The first-order valence-corrected chi connectivity index (χ1v) is 7.80. The van der Waals surface area contributed by atoms with Gasteiger partial charge in [0.05, 0.1) is 11.8 Å². The maximum Gasteiger partial charge on any atom is 0.253 e. The van der Waals surface area contributed by atoms with Gasteiger partial charge in [-0.3, -0.25) is 0 Å². The molecular formula is C12H14N8S. The highest BCUT2D eigenvalue weighted by Crippen LogP contribution is 2.35. The molecule has 0 aliphatic heterocycles. The Morgan fingerprint density at radius 1 is 1.29 bits per heavy atom. The van der Waals surface area contributed by atoms with Crippen molar-refractivity contribution in [1.82, 2.24) is 39.8 Å². The summed E-state index contributed by atoms with van der Waals surface area (Å²) in [5, 5.41) is 17.0. The predicted molar refractivity (Wildman–Crippen MR) is 75.9 cm³/mol. The highest BCUT2D eigenvalue weighted by atomic mass is 32.2. The third kappa shape index (κ3) is 2.37. The van der Waals surface area contributed by atoms with E-state index in [2.05, 4.69) is 30.6 Å². The standard InChI is InChI=1S/C12H14N8S/c1-7-5-8(2)19-11(13-7)14-12(16-19)21-6-10-15-17-18-20(10)9-3-4-9/h5,9H,3-4,6H2,1-2H3. The van der Waals surface area contributed by atoms with Gasteiger partial charge in [-0.25, -0.2) is 14.2 Å². The van der Waals surface area contributed by atoms with Crippen LogP contribution in [0.4, 0.5) is 0 Å². The van der Waals surface area contributed by atoms with Crippen LogP contribution >= 0.6 is 11.8 Å². The third-order valence-electron chi connectivity index (χ3n) is 3.38. The summed E-state index contributed by atoms with van der Waals surface area (Å²) in [7, 11) is 0. The molecule has 9 heteroatoms. The van der Waals surface area contributed by atoms with Crippen molar-refractivity contribution < 1.29 is 0 Å². The number of hydrogen-bond acceptors (Lipinski definition) is 7. The van der Waals surface area contributed by atoms with Crippen molar-refractivity contribution in [1.29, 1.82) is 0 Å². The Balaban J connectivity index is 1.57. The van der Waals surface area contributed by atoms with E-state index in [1.54, 1.807) is 4.52 Å². The molecule has 3 aromatic heterocycles. The van der Waals surface area contributed by atoms with Crippen LogP contribution in [0, 0.1) is 13.8 Å². The summed E-state index contributed by atoms with van der Waals surface area (Å²) < 4.78 is 3.68. The zero-order valence-electron chi connectivity index (χ0n) is 11.8. The van der Waals surface area contributed by atoms with E-state index in [0.29, 0.717) is 22.7 Å². The van der Waals surface area contributed by atoms with Crippen molar-refractivity contribution in [3.05, 3.63) is 23.3 Å². The van der Waals surface area contributed by atoms with Gasteiger partial charge in [-0.15, -0.1) is 10.2 Å². The van der Waals surface area contributed by atoms with Crippen molar-refractivity contribution in [3.63, 3.8) is 0 Å². The van der Waals surface area contributed by atoms with Gasteiger partial charge in [0, 0.05) is 11.4 Å². The van der Waals surface area contributed by atoms with Crippen LogP contribution in [0.3, 0.4) is 0 Å². The molecule has 0 N–H and O–H groups in total. The van der Waals surface area contributed by atoms with Gasteiger partial charge in [0.1, 0.15) is 0 Å². The molecule has 1 aliphatic rings. The van der Waals surface area contributed by atoms with E-state index in [4.69, 9.17) is 0 Å². The Morgan fingerprint density at radius 2 is 2.14 bits per heavy atom. The largest absolute Gasteiger partial charge is 0.253 e. The Kier molecular flexibility index (Phi) is 2.88. The summed E-state index contributed by atoms with van der Waals surface area (Å²) >= 11 is 1.53. The summed E-state index contributed by atoms with van der Waals surface area (Å²) in [5.74, 6) is 2.18. The summed E-state index contributed by atoms with van der Waals surface area (Å²) in [6.07, 6.45) is 2.33. The van der Waals surface area contributed by atoms with E-state index in [1.807, 2.05) is 24.6 Å². The van der Waals surface area contributed by atoms with E-state index < -0.39 is 0 Å². The van der Waals surface area contributed by atoms with Crippen LogP contribution in [0.15, 0.2) is 11.2 Å². The van der Waals surface area contributed by atoms with Crippen molar-refractivity contribution >= 4 is 17.5 Å². The zero-order valence-corrected chi connectivity index (χ0v) is 12.6. The molecule has 3 aromatic rings. The van der Waals surface area contributed by atoms with Crippen LogP contribution in [0.2, 0.25) is 0 Å². The Bertz CT molecular complexity index is 803. The third-order valence-corrected chi connectivity index (χ3v) is 4.22. The molecule has 3 heterocycles. The van der Waals surface area contributed by atoms with Crippen molar-refractivity contribution in [2.45, 2.75) is 43.6 Å². The number of thioether (sulfide) groups is 1. The van der Waals surface area contributed by atoms with Crippen molar-refractivity contribution in [3.8, 4) is 0 Å². The van der Waals surface area contributed by atoms with Crippen LogP contribution in [0.1, 0.15) is 36.1 Å². The summed E-state index contributed by atoms with van der Waals surface area (Å²) in [5.41, 5.74) is 1.97. The summed E-state index contributed by atoms with van der Waals surface area (Å²) in [6, 6.07) is 2.47. The Hall–Kier alpha value is -2.03. The molecule has 0 saturated heterocycles. The molecule has 0 amide bonds. The van der Waals surface area contributed by atoms with E-state index in [0.717, 1.165) is 30.1 Å². The maximum absolute atomic E-state index is 4.47. The van der Waals surface area contributed by atoms with Gasteiger partial charge in [0.2, 0.25) is 5.16 Å². The van der Waals surface area contributed by atoms with E-state index in [1.165, 1.54) is 11.8 Å². The van der Waals surface area contributed by atoms with Gasteiger partial charge in [-0.05, 0) is 43.2 Å². The molecule has 0 atom stereocenters. The Morgan fingerprint density at radius 3 is 2.95 bits per heavy atom. The molecule has 0 bridgehead atoms. The lowest BCUT2D eigenvalue weighted by molar-refractivity contribution is 0.593. The minimum atomic E-state index is 0.483. The minimum Gasteiger partial charge on any atom is -0.226 e. The minimum absolute atomic E-state index is 0.483.